The van der Waals surface area contributed by atoms with Gasteiger partial charge in [0.2, 0.25) is 0 Å². The standard InChI is InChI=1S/C4H6F2O3S/c5-4(6)2-10(8,9)1-3(4)7/h3,7H,1-2H2. The van der Waals surface area contributed by atoms with Crippen LogP contribution in [-0.2, 0) is 9.84 Å². The zero-order chi connectivity index (χ0) is 7.99. The first-order valence-electron chi connectivity index (χ1n) is 2.60. The molecule has 10 heavy (non-hydrogen) atoms. The van der Waals surface area contributed by atoms with E-state index in [0.29, 0.717) is 0 Å². The Bertz CT molecular complexity index is 233. The fourth-order valence-corrected chi connectivity index (χ4v) is 2.43. The number of hydrogen-bond acceptors (Lipinski definition) is 3. The van der Waals surface area contributed by atoms with E-state index in [-0.39, 0.29) is 0 Å². The summed E-state index contributed by atoms with van der Waals surface area (Å²) in [4.78, 5) is 0. The summed E-state index contributed by atoms with van der Waals surface area (Å²) in [6.45, 7) is 0. The second kappa shape index (κ2) is 1.88. The molecule has 1 saturated heterocycles. The van der Waals surface area contributed by atoms with Gasteiger partial charge >= 0.3 is 0 Å². The Kier molecular flexibility index (Phi) is 1.48. The van der Waals surface area contributed by atoms with Gasteiger partial charge in [-0.3, -0.25) is 0 Å². The number of aliphatic hydroxyl groups excluding tert-OH is 1. The van der Waals surface area contributed by atoms with E-state index >= 15 is 0 Å². The van der Waals surface area contributed by atoms with Crippen molar-refractivity contribution in [3.8, 4) is 0 Å². The maximum Gasteiger partial charge on any atom is 0.288 e. The lowest BCUT2D eigenvalue weighted by atomic mass is 10.2. The van der Waals surface area contributed by atoms with Crippen LogP contribution in [-0.4, -0.2) is 37.1 Å². The monoisotopic (exact) mass is 172 g/mol. The molecule has 0 aromatic carbocycles. The lowest BCUT2D eigenvalue weighted by Gasteiger charge is -2.09. The molecule has 0 amide bonds. The van der Waals surface area contributed by atoms with Crippen molar-refractivity contribution in [3.05, 3.63) is 0 Å². The molecular weight excluding hydrogens is 166 g/mol. The first-order valence-corrected chi connectivity index (χ1v) is 4.42. The number of hydrogen-bond donors (Lipinski definition) is 1. The highest BCUT2D eigenvalue weighted by atomic mass is 32.2. The van der Waals surface area contributed by atoms with Crippen molar-refractivity contribution in [3.63, 3.8) is 0 Å². The molecule has 60 valence electrons. The van der Waals surface area contributed by atoms with Crippen molar-refractivity contribution in [2.75, 3.05) is 11.5 Å². The summed E-state index contributed by atoms with van der Waals surface area (Å²) in [7, 11) is -3.70. The predicted molar refractivity (Wildman–Crippen MR) is 29.6 cm³/mol. The summed E-state index contributed by atoms with van der Waals surface area (Å²) in [6.07, 6.45) is -2.02. The summed E-state index contributed by atoms with van der Waals surface area (Å²) in [5.41, 5.74) is 0. The van der Waals surface area contributed by atoms with Gasteiger partial charge in [0.25, 0.3) is 5.92 Å². The van der Waals surface area contributed by atoms with Crippen LogP contribution in [0.1, 0.15) is 0 Å². The van der Waals surface area contributed by atoms with Gasteiger partial charge in [0, 0.05) is 0 Å². The number of alkyl halides is 2. The third-order valence-electron chi connectivity index (χ3n) is 1.31. The van der Waals surface area contributed by atoms with Crippen LogP contribution in [0.4, 0.5) is 8.78 Å². The fourth-order valence-electron chi connectivity index (χ4n) is 0.811. The quantitative estimate of drug-likeness (QED) is 0.531. The average Bonchev–Trinajstić information content (AvgIpc) is 1.73. The van der Waals surface area contributed by atoms with Crippen LogP contribution in [0.15, 0.2) is 0 Å². The van der Waals surface area contributed by atoms with Crippen LogP contribution < -0.4 is 0 Å². The number of aliphatic hydroxyl groups is 1. The second-order valence-electron chi connectivity index (χ2n) is 2.33. The van der Waals surface area contributed by atoms with Gasteiger partial charge in [-0.25, -0.2) is 17.2 Å². The third kappa shape index (κ3) is 1.27. The van der Waals surface area contributed by atoms with Gasteiger partial charge in [-0.05, 0) is 0 Å². The molecule has 1 N–H and O–H groups in total. The molecule has 1 heterocycles. The molecule has 0 saturated carbocycles. The number of sulfone groups is 1. The lowest BCUT2D eigenvalue weighted by Crippen LogP contribution is -2.30. The minimum atomic E-state index is -3.70. The van der Waals surface area contributed by atoms with Gasteiger partial charge in [0.15, 0.2) is 9.84 Å². The van der Waals surface area contributed by atoms with E-state index in [4.69, 9.17) is 5.11 Å². The van der Waals surface area contributed by atoms with Gasteiger partial charge in [-0.15, -0.1) is 0 Å². The Labute approximate surface area is 56.6 Å². The molecule has 0 aromatic rings. The summed E-state index contributed by atoms with van der Waals surface area (Å²) in [6, 6.07) is 0. The van der Waals surface area contributed by atoms with Gasteiger partial charge < -0.3 is 5.11 Å². The molecule has 3 nitrogen and oxygen atoms in total. The molecule has 6 heteroatoms. The van der Waals surface area contributed by atoms with E-state index in [9.17, 15) is 17.2 Å². The highest BCUT2D eigenvalue weighted by molar-refractivity contribution is 7.91. The fraction of sp³-hybridized carbons (Fsp3) is 1.00. The first-order chi connectivity index (χ1) is 4.33. The Morgan fingerprint density at radius 1 is 1.50 bits per heavy atom. The van der Waals surface area contributed by atoms with Crippen molar-refractivity contribution in [1.82, 2.24) is 0 Å². The molecule has 1 atom stereocenters. The molecule has 0 bridgehead atoms. The van der Waals surface area contributed by atoms with E-state index in [2.05, 4.69) is 0 Å². The topological polar surface area (TPSA) is 54.4 Å². The Balaban J connectivity index is 2.92. The van der Waals surface area contributed by atoms with Crippen molar-refractivity contribution in [2.45, 2.75) is 12.0 Å². The summed E-state index contributed by atoms with van der Waals surface area (Å²) >= 11 is 0. The summed E-state index contributed by atoms with van der Waals surface area (Å²) in [5.74, 6) is -5.49. The molecule has 1 aliphatic rings. The molecule has 1 rings (SSSR count). The van der Waals surface area contributed by atoms with Crippen molar-refractivity contribution >= 4 is 9.84 Å². The summed E-state index contributed by atoms with van der Waals surface area (Å²) < 4.78 is 45.2. The summed E-state index contributed by atoms with van der Waals surface area (Å²) in [5, 5.41) is 8.46. The first kappa shape index (κ1) is 7.87. The average molecular weight is 172 g/mol. The highest BCUT2D eigenvalue weighted by Gasteiger charge is 2.51. The van der Waals surface area contributed by atoms with E-state index in [1.165, 1.54) is 0 Å². The van der Waals surface area contributed by atoms with Crippen molar-refractivity contribution in [2.24, 2.45) is 0 Å². The maximum absolute atomic E-state index is 12.2. The van der Waals surface area contributed by atoms with Crippen LogP contribution in [0.2, 0.25) is 0 Å². The van der Waals surface area contributed by atoms with Crippen molar-refractivity contribution < 1.29 is 22.3 Å². The Hall–Kier alpha value is -0.230. The van der Waals surface area contributed by atoms with Crippen LogP contribution >= 0.6 is 0 Å². The molecule has 0 spiro atoms. The molecule has 0 radical (unpaired) electrons. The zero-order valence-corrected chi connectivity index (χ0v) is 5.74. The van der Waals surface area contributed by atoms with Gasteiger partial charge in [0.05, 0.1) is 5.75 Å². The molecule has 1 fully saturated rings. The number of halogens is 2. The van der Waals surface area contributed by atoms with E-state index in [1.54, 1.807) is 0 Å². The van der Waals surface area contributed by atoms with E-state index in [0.717, 1.165) is 0 Å². The largest absolute Gasteiger partial charge is 0.386 e. The molecular formula is C4H6F2O3S. The molecule has 1 unspecified atom stereocenters. The predicted octanol–water partition coefficient (Wildman–Crippen LogP) is -0.589. The smallest absolute Gasteiger partial charge is 0.288 e. The Morgan fingerprint density at radius 3 is 2.10 bits per heavy atom. The van der Waals surface area contributed by atoms with E-state index in [1.807, 2.05) is 0 Å². The normalized spacial score (nSPS) is 36.1. The van der Waals surface area contributed by atoms with Gasteiger partial charge in [-0.2, -0.15) is 0 Å². The van der Waals surface area contributed by atoms with E-state index < -0.39 is 33.4 Å². The molecule has 0 aliphatic carbocycles. The van der Waals surface area contributed by atoms with Crippen LogP contribution in [0.5, 0.6) is 0 Å². The van der Waals surface area contributed by atoms with Crippen LogP contribution in [0, 0.1) is 0 Å². The van der Waals surface area contributed by atoms with Crippen LogP contribution in [0.25, 0.3) is 0 Å². The van der Waals surface area contributed by atoms with Gasteiger partial charge in [-0.1, -0.05) is 0 Å². The van der Waals surface area contributed by atoms with Gasteiger partial charge in [0.1, 0.15) is 11.9 Å². The molecule has 1 aliphatic heterocycles. The van der Waals surface area contributed by atoms with Crippen LogP contribution in [0.3, 0.4) is 0 Å². The molecule has 0 aromatic heterocycles. The zero-order valence-electron chi connectivity index (χ0n) is 4.92. The highest BCUT2D eigenvalue weighted by Crippen LogP contribution is 2.28. The van der Waals surface area contributed by atoms with Crippen molar-refractivity contribution in [1.29, 1.82) is 0 Å². The number of rotatable bonds is 0. The SMILES string of the molecule is O=S1(=O)CC(O)C(F)(F)C1. The Morgan fingerprint density at radius 2 is 2.00 bits per heavy atom. The second-order valence-corrected chi connectivity index (χ2v) is 4.44. The lowest BCUT2D eigenvalue weighted by molar-refractivity contribution is -0.0704. The minimum Gasteiger partial charge on any atom is -0.386 e. The minimum absolute atomic E-state index is 0.819. The maximum atomic E-state index is 12.2. The third-order valence-corrected chi connectivity index (χ3v) is 2.96.